The summed E-state index contributed by atoms with van der Waals surface area (Å²) < 4.78 is 25.0. The van der Waals surface area contributed by atoms with E-state index in [1.54, 1.807) is 0 Å². The third-order valence-corrected chi connectivity index (χ3v) is 3.58. The van der Waals surface area contributed by atoms with Crippen LogP contribution in [-0.4, -0.2) is 12.0 Å². The molecule has 2 nitrogen and oxygen atoms in total. The molecule has 1 aromatic carbocycles. The number of hydrogen-bond donors (Lipinski definition) is 2. The fraction of sp³-hybridized carbons (Fsp3) is 0.538. The fourth-order valence-electron chi connectivity index (χ4n) is 2.53. The van der Waals surface area contributed by atoms with Crippen LogP contribution < -0.4 is 11.5 Å². The summed E-state index contributed by atoms with van der Waals surface area (Å²) >= 11 is 0. The summed E-state index contributed by atoms with van der Waals surface area (Å²) in [6, 6.07) is 5.78. The van der Waals surface area contributed by atoms with Crippen molar-refractivity contribution in [3.05, 3.63) is 29.3 Å². The van der Waals surface area contributed by atoms with Crippen molar-refractivity contribution in [1.82, 2.24) is 0 Å². The van der Waals surface area contributed by atoms with Gasteiger partial charge in [0.2, 0.25) is 6.43 Å². The van der Waals surface area contributed by atoms with Crippen LogP contribution in [0.4, 0.5) is 14.5 Å². The van der Waals surface area contributed by atoms with Crippen molar-refractivity contribution in [2.45, 2.75) is 44.1 Å². The van der Waals surface area contributed by atoms with Crippen LogP contribution in [0.15, 0.2) is 18.2 Å². The van der Waals surface area contributed by atoms with Crippen molar-refractivity contribution in [2.24, 2.45) is 5.73 Å². The summed E-state index contributed by atoms with van der Waals surface area (Å²) in [5.41, 5.74) is 14.1. The Morgan fingerprint density at radius 3 is 2.47 bits per heavy atom. The van der Waals surface area contributed by atoms with Gasteiger partial charge in [0.25, 0.3) is 0 Å². The first-order valence-electron chi connectivity index (χ1n) is 5.93. The Morgan fingerprint density at radius 1 is 1.18 bits per heavy atom. The monoisotopic (exact) mass is 240 g/mol. The molecule has 1 unspecified atom stereocenters. The van der Waals surface area contributed by atoms with Gasteiger partial charge in [-0.15, -0.1) is 0 Å². The van der Waals surface area contributed by atoms with Gasteiger partial charge in [-0.3, -0.25) is 0 Å². The molecule has 0 bridgehead atoms. The molecule has 0 heterocycles. The van der Waals surface area contributed by atoms with Crippen LogP contribution in [0.25, 0.3) is 0 Å². The summed E-state index contributed by atoms with van der Waals surface area (Å²) in [6.45, 7) is 0. The van der Waals surface area contributed by atoms with Gasteiger partial charge >= 0.3 is 0 Å². The third-order valence-electron chi connectivity index (χ3n) is 3.58. The lowest BCUT2D eigenvalue weighted by Crippen LogP contribution is -2.41. The van der Waals surface area contributed by atoms with E-state index in [0.29, 0.717) is 12.8 Å². The quantitative estimate of drug-likeness (QED) is 0.616. The highest BCUT2D eigenvalue weighted by Gasteiger charge is 2.31. The normalized spacial score (nSPS) is 24.5. The Bertz CT molecular complexity index is 406. The van der Waals surface area contributed by atoms with Crippen molar-refractivity contribution in [3.8, 4) is 0 Å². The van der Waals surface area contributed by atoms with E-state index in [4.69, 9.17) is 11.5 Å². The molecule has 0 fully saturated rings. The number of alkyl halides is 2. The number of rotatable bonds is 2. The van der Waals surface area contributed by atoms with Gasteiger partial charge in [-0.05, 0) is 48.9 Å². The maximum Gasteiger partial charge on any atom is 0.240 e. The minimum atomic E-state index is -2.33. The van der Waals surface area contributed by atoms with Crippen molar-refractivity contribution >= 4 is 5.69 Å². The van der Waals surface area contributed by atoms with E-state index in [0.717, 1.165) is 24.1 Å². The minimum Gasteiger partial charge on any atom is -0.399 e. The number of anilines is 1. The zero-order valence-corrected chi connectivity index (χ0v) is 9.76. The van der Waals surface area contributed by atoms with Crippen LogP contribution in [0.5, 0.6) is 0 Å². The van der Waals surface area contributed by atoms with E-state index in [2.05, 4.69) is 0 Å². The van der Waals surface area contributed by atoms with Gasteiger partial charge in [-0.2, -0.15) is 0 Å². The second kappa shape index (κ2) is 4.61. The highest BCUT2D eigenvalue weighted by molar-refractivity contribution is 5.45. The van der Waals surface area contributed by atoms with E-state index in [9.17, 15) is 8.78 Å². The number of aryl methyl sites for hydroxylation is 2. The molecule has 94 valence electrons. The van der Waals surface area contributed by atoms with Crippen molar-refractivity contribution in [2.75, 3.05) is 5.73 Å². The molecule has 2 rings (SSSR count). The van der Waals surface area contributed by atoms with Crippen LogP contribution in [0.2, 0.25) is 0 Å². The minimum absolute atomic E-state index is 0.212. The Hall–Kier alpha value is -1.16. The van der Waals surface area contributed by atoms with Gasteiger partial charge in [-0.25, -0.2) is 8.78 Å². The Kier molecular flexibility index (Phi) is 3.33. The van der Waals surface area contributed by atoms with Gasteiger partial charge in [-0.1, -0.05) is 6.07 Å². The van der Waals surface area contributed by atoms with Crippen molar-refractivity contribution < 1.29 is 8.78 Å². The smallest absolute Gasteiger partial charge is 0.240 e. The topological polar surface area (TPSA) is 52.0 Å². The van der Waals surface area contributed by atoms with E-state index in [1.165, 1.54) is 5.56 Å². The molecule has 0 spiro atoms. The van der Waals surface area contributed by atoms with Crippen LogP contribution in [0, 0.1) is 0 Å². The average molecular weight is 240 g/mol. The number of hydrogen-bond acceptors (Lipinski definition) is 2. The summed E-state index contributed by atoms with van der Waals surface area (Å²) in [6.07, 6.45) is 0.187. The number of benzene rings is 1. The molecular formula is C13H18F2N2. The third kappa shape index (κ3) is 2.94. The van der Waals surface area contributed by atoms with Crippen LogP contribution in [-0.2, 0) is 12.8 Å². The molecule has 1 aromatic rings. The first-order chi connectivity index (χ1) is 7.98. The number of halogens is 2. The Labute approximate surface area is 100.0 Å². The van der Waals surface area contributed by atoms with Gasteiger partial charge in [0.15, 0.2) is 0 Å². The molecule has 1 aliphatic rings. The highest BCUT2D eigenvalue weighted by atomic mass is 19.3. The molecule has 1 atom stereocenters. The molecule has 1 aliphatic carbocycles. The van der Waals surface area contributed by atoms with Crippen molar-refractivity contribution in [1.29, 1.82) is 0 Å². The van der Waals surface area contributed by atoms with Gasteiger partial charge in [0.1, 0.15) is 0 Å². The first-order valence-corrected chi connectivity index (χ1v) is 5.93. The largest absolute Gasteiger partial charge is 0.399 e. The second-order valence-corrected chi connectivity index (χ2v) is 4.99. The molecule has 0 aliphatic heterocycles. The standard InChI is InChI=1S/C13H18F2N2/c14-12(15)8-13(17)5-3-9-1-2-11(16)7-10(9)4-6-13/h1-2,7,12H,3-6,8,16-17H2. The molecule has 0 aromatic heterocycles. The van der Waals surface area contributed by atoms with E-state index >= 15 is 0 Å². The predicted octanol–water partition coefficient (Wildman–Crippen LogP) is 2.50. The summed E-state index contributed by atoms with van der Waals surface area (Å²) in [4.78, 5) is 0. The van der Waals surface area contributed by atoms with Gasteiger partial charge in [0.05, 0.1) is 0 Å². The van der Waals surface area contributed by atoms with E-state index < -0.39 is 12.0 Å². The van der Waals surface area contributed by atoms with E-state index in [1.807, 2.05) is 18.2 Å². The molecule has 4 N–H and O–H groups in total. The SMILES string of the molecule is Nc1ccc2c(c1)CCC(N)(CC(F)F)CC2. The lowest BCUT2D eigenvalue weighted by molar-refractivity contribution is 0.0990. The molecule has 0 saturated carbocycles. The highest BCUT2D eigenvalue weighted by Crippen LogP contribution is 2.30. The summed E-state index contributed by atoms with van der Waals surface area (Å²) in [7, 11) is 0. The second-order valence-electron chi connectivity index (χ2n) is 4.99. The first kappa shape index (κ1) is 12.3. The summed E-state index contributed by atoms with van der Waals surface area (Å²) in [5.74, 6) is 0. The molecular weight excluding hydrogens is 222 g/mol. The number of fused-ring (bicyclic) bond motifs is 1. The average Bonchev–Trinajstić information content (AvgIpc) is 2.38. The summed E-state index contributed by atoms with van der Waals surface area (Å²) in [5, 5.41) is 0. The Morgan fingerprint density at radius 2 is 1.82 bits per heavy atom. The number of nitrogen functional groups attached to an aromatic ring is 1. The molecule has 0 saturated heterocycles. The van der Waals surface area contributed by atoms with Crippen LogP contribution >= 0.6 is 0 Å². The van der Waals surface area contributed by atoms with Crippen LogP contribution in [0.3, 0.4) is 0 Å². The van der Waals surface area contributed by atoms with Gasteiger partial charge in [0, 0.05) is 17.6 Å². The zero-order chi connectivity index (χ0) is 12.5. The lowest BCUT2D eigenvalue weighted by atomic mass is 9.87. The fourth-order valence-corrected chi connectivity index (χ4v) is 2.53. The predicted molar refractivity (Wildman–Crippen MR) is 65.0 cm³/mol. The van der Waals surface area contributed by atoms with Crippen LogP contribution in [0.1, 0.15) is 30.4 Å². The number of nitrogens with two attached hydrogens (primary N) is 2. The van der Waals surface area contributed by atoms with Gasteiger partial charge < -0.3 is 11.5 Å². The Balaban J connectivity index is 2.16. The molecule has 4 heteroatoms. The maximum atomic E-state index is 12.5. The molecule has 0 radical (unpaired) electrons. The maximum absolute atomic E-state index is 12.5. The lowest BCUT2D eigenvalue weighted by Gasteiger charge is -2.27. The zero-order valence-electron chi connectivity index (χ0n) is 9.76. The van der Waals surface area contributed by atoms with E-state index in [-0.39, 0.29) is 6.42 Å². The molecule has 0 amide bonds. The van der Waals surface area contributed by atoms with Crippen molar-refractivity contribution in [3.63, 3.8) is 0 Å². The molecule has 17 heavy (non-hydrogen) atoms.